The summed E-state index contributed by atoms with van der Waals surface area (Å²) in [6.07, 6.45) is -11.7. The van der Waals surface area contributed by atoms with Gasteiger partial charge in [-0.1, -0.05) is 30.3 Å². The van der Waals surface area contributed by atoms with Gasteiger partial charge in [-0.15, -0.1) is 0 Å². The zero-order chi connectivity index (χ0) is 31.8. The summed E-state index contributed by atoms with van der Waals surface area (Å²) in [7, 11) is 0. The second-order valence-electron chi connectivity index (χ2n) is 10.0. The summed E-state index contributed by atoms with van der Waals surface area (Å²) in [6, 6.07) is 14.7. The van der Waals surface area contributed by atoms with Crippen LogP contribution in [-0.2, 0) is 6.18 Å². The van der Waals surface area contributed by atoms with E-state index in [-0.39, 0.29) is 35.7 Å². The van der Waals surface area contributed by atoms with Gasteiger partial charge in [0.15, 0.2) is 11.5 Å². The normalized spacial score (nSPS) is 14.8. The van der Waals surface area contributed by atoms with Crippen LogP contribution in [0.25, 0.3) is 28.2 Å². The maximum absolute atomic E-state index is 13.8. The van der Waals surface area contributed by atoms with Crippen molar-refractivity contribution in [3.05, 3.63) is 83.7 Å². The van der Waals surface area contributed by atoms with Gasteiger partial charge in [0.2, 0.25) is 0 Å². The largest absolute Gasteiger partial charge is 0.478 e. The standard InChI is InChI=1S/C29H23F8N5O2/c30-26(31)18-6-9-20(17-4-7-19(8-5-17)41-12-10-40(11-13-41)16-28(32,33)34)21(14-18)23-2-1-3-24(39-23)42-25(29(35,36)37)22(15-38-42)27(43)44/h1-9,14-15,26H,10-13,16H2,(H,43,44). The van der Waals surface area contributed by atoms with Crippen molar-refractivity contribution in [2.24, 2.45) is 0 Å². The van der Waals surface area contributed by atoms with Crippen molar-refractivity contribution in [2.75, 3.05) is 37.6 Å². The van der Waals surface area contributed by atoms with Crippen LogP contribution in [0.3, 0.4) is 0 Å². The lowest BCUT2D eigenvalue weighted by Crippen LogP contribution is -2.49. The highest BCUT2D eigenvalue weighted by atomic mass is 19.4. The predicted molar refractivity (Wildman–Crippen MR) is 144 cm³/mol. The molecule has 2 aromatic heterocycles. The molecular formula is C29H23F8N5O2. The van der Waals surface area contributed by atoms with Crippen molar-refractivity contribution < 1.29 is 45.0 Å². The second kappa shape index (κ2) is 11.9. The molecule has 0 amide bonds. The maximum atomic E-state index is 13.8. The van der Waals surface area contributed by atoms with Crippen molar-refractivity contribution in [3.63, 3.8) is 0 Å². The van der Waals surface area contributed by atoms with Crippen LogP contribution in [0.1, 0.15) is 28.0 Å². The lowest BCUT2D eigenvalue weighted by molar-refractivity contribution is -0.146. The Balaban J connectivity index is 1.48. The molecule has 44 heavy (non-hydrogen) atoms. The number of anilines is 1. The Kier molecular flexibility index (Phi) is 8.34. The lowest BCUT2D eigenvalue weighted by atomic mass is 9.95. The molecule has 15 heteroatoms. The van der Waals surface area contributed by atoms with E-state index in [2.05, 4.69) is 10.1 Å². The Labute approximate surface area is 245 Å². The summed E-state index contributed by atoms with van der Waals surface area (Å²) in [5.41, 5.74) is -1.02. The summed E-state index contributed by atoms with van der Waals surface area (Å²) in [6.45, 7) is 0.214. The van der Waals surface area contributed by atoms with Gasteiger partial charge in [0.25, 0.3) is 6.43 Å². The second-order valence-corrected chi connectivity index (χ2v) is 10.0. The molecule has 2 aromatic carbocycles. The predicted octanol–water partition coefficient (Wildman–Crippen LogP) is 6.94. The van der Waals surface area contributed by atoms with Crippen LogP contribution in [0.5, 0.6) is 0 Å². The highest BCUT2D eigenvalue weighted by molar-refractivity contribution is 5.89. The fourth-order valence-electron chi connectivity index (χ4n) is 5.07. The number of hydrogen-bond donors (Lipinski definition) is 1. The summed E-state index contributed by atoms with van der Waals surface area (Å²) in [4.78, 5) is 18.9. The van der Waals surface area contributed by atoms with Crippen LogP contribution in [0.4, 0.5) is 40.8 Å². The number of rotatable bonds is 7. The van der Waals surface area contributed by atoms with Gasteiger partial charge < -0.3 is 10.0 Å². The van der Waals surface area contributed by atoms with Crippen LogP contribution in [-0.4, -0.2) is 69.6 Å². The fraction of sp³-hybridized carbons (Fsp3) is 0.276. The molecule has 1 aliphatic heterocycles. The summed E-state index contributed by atoms with van der Waals surface area (Å²) in [5.74, 6) is -2.21. The molecule has 232 valence electrons. The first-order chi connectivity index (χ1) is 20.7. The van der Waals surface area contributed by atoms with Crippen LogP contribution >= 0.6 is 0 Å². The molecule has 0 saturated carbocycles. The minimum Gasteiger partial charge on any atom is -0.478 e. The van der Waals surface area contributed by atoms with Gasteiger partial charge in [-0.05, 0) is 41.5 Å². The van der Waals surface area contributed by atoms with E-state index in [1.807, 2.05) is 4.90 Å². The molecule has 7 nitrogen and oxygen atoms in total. The molecule has 1 fully saturated rings. The van der Waals surface area contributed by atoms with Gasteiger partial charge in [-0.25, -0.2) is 23.2 Å². The first kappa shape index (κ1) is 30.9. The highest BCUT2D eigenvalue weighted by Crippen LogP contribution is 2.37. The van der Waals surface area contributed by atoms with E-state index in [1.165, 1.54) is 41.3 Å². The Bertz CT molecular complexity index is 1640. The SMILES string of the molecule is O=C(O)c1cnn(-c2cccc(-c3cc(C(F)F)ccc3-c3ccc(N4CCN(CC(F)(F)F)CC4)cc3)n2)c1C(F)(F)F. The zero-order valence-corrected chi connectivity index (χ0v) is 22.6. The molecule has 5 rings (SSSR count). The van der Waals surface area contributed by atoms with Crippen LogP contribution < -0.4 is 4.90 Å². The minimum atomic E-state index is -5.09. The van der Waals surface area contributed by atoms with E-state index < -0.39 is 42.5 Å². The third-order valence-electron chi connectivity index (χ3n) is 7.11. The number of carboxylic acid groups (broad SMARTS) is 1. The molecule has 1 aliphatic rings. The molecule has 0 bridgehead atoms. The van der Waals surface area contributed by atoms with Gasteiger partial charge in [0, 0.05) is 43.0 Å². The zero-order valence-electron chi connectivity index (χ0n) is 22.6. The van der Waals surface area contributed by atoms with Crippen LogP contribution in [0, 0.1) is 0 Å². The molecule has 3 heterocycles. The third kappa shape index (κ3) is 6.67. The van der Waals surface area contributed by atoms with Crippen LogP contribution in [0.15, 0.2) is 66.9 Å². The Morgan fingerprint density at radius 2 is 1.57 bits per heavy atom. The number of hydrogen-bond acceptors (Lipinski definition) is 5. The monoisotopic (exact) mass is 625 g/mol. The number of halogens is 8. The maximum Gasteiger partial charge on any atom is 0.434 e. The van der Waals surface area contributed by atoms with Gasteiger partial charge in [-0.2, -0.15) is 31.4 Å². The smallest absolute Gasteiger partial charge is 0.434 e. The molecule has 0 atom stereocenters. The number of pyridine rings is 1. The minimum absolute atomic E-state index is 0.0327. The Morgan fingerprint density at radius 1 is 0.886 bits per heavy atom. The van der Waals surface area contributed by atoms with Gasteiger partial charge in [0.05, 0.1) is 18.4 Å². The number of aromatic carboxylic acids is 1. The number of benzene rings is 2. The molecule has 1 saturated heterocycles. The van der Waals surface area contributed by atoms with Crippen molar-refractivity contribution in [1.29, 1.82) is 0 Å². The summed E-state index contributed by atoms with van der Waals surface area (Å²) < 4.78 is 107. The molecule has 4 aromatic rings. The molecule has 0 radical (unpaired) electrons. The molecular weight excluding hydrogens is 602 g/mol. The average Bonchev–Trinajstić information content (AvgIpc) is 3.44. The van der Waals surface area contributed by atoms with Crippen molar-refractivity contribution in [2.45, 2.75) is 18.8 Å². The van der Waals surface area contributed by atoms with Crippen LogP contribution in [0.2, 0.25) is 0 Å². The van der Waals surface area contributed by atoms with Crippen molar-refractivity contribution in [1.82, 2.24) is 19.7 Å². The first-order valence-electron chi connectivity index (χ1n) is 13.1. The van der Waals surface area contributed by atoms with Gasteiger partial charge in [-0.3, -0.25) is 4.90 Å². The van der Waals surface area contributed by atoms with Gasteiger partial charge >= 0.3 is 18.3 Å². The Morgan fingerprint density at radius 3 is 2.16 bits per heavy atom. The molecule has 0 spiro atoms. The lowest BCUT2D eigenvalue weighted by Gasteiger charge is -2.36. The number of nitrogens with zero attached hydrogens (tertiary/aromatic N) is 5. The van der Waals surface area contributed by atoms with E-state index in [0.29, 0.717) is 35.1 Å². The number of alkyl halides is 8. The first-order valence-corrected chi connectivity index (χ1v) is 13.1. The number of carbonyl (C=O) groups is 1. The van der Waals surface area contributed by atoms with Gasteiger partial charge in [0.1, 0.15) is 5.56 Å². The average molecular weight is 626 g/mol. The van der Waals surface area contributed by atoms with E-state index >= 15 is 0 Å². The van der Waals surface area contributed by atoms with Crippen molar-refractivity contribution >= 4 is 11.7 Å². The third-order valence-corrected chi connectivity index (χ3v) is 7.11. The van der Waals surface area contributed by atoms with E-state index in [0.717, 1.165) is 5.69 Å². The van der Waals surface area contributed by atoms with Crippen molar-refractivity contribution in [3.8, 4) is 28.2 Å². The van der Waals surface area contributed by atoms with E-state index in [4.69, 9.17) is 0 Å². The molecule has 1 N–H and O–H groups in total. The summed E-state index contributed by atoms with van der Waals surface area (Å²) in [5, 5.41) is 12.8. The molecule has 0 unspecified atom stereocenters. The van der Waals surface area contributed by atoms with E-state index in [1.54, 1.807) is 24.3 Å². The highest BCUT2D eigenvalue weighted by Gasteiger charge is 2.41. The fourth-order valence-corrected chi connectivity index (χ4v) is 5.07. The Hall–Kier alpha value is -4.53. The quantitative estimate of drug-likeness (QED) is 0.225. The summed E-state index contributed by atoms with van der Waals surface area (Å²) >= 11 is 0. The topological polar surface area (TPSA) is 74.5 Å². The number of carboxylic acids is 1. The number of aromatic nitrogens is 3. The number of piperazine rings is 1. The van der Waals surface area contributed by atoms with E-state index in [9.17, 15) is 45.0 Å². The molecule has 0 aliphatic carbocycles.